The van der Waals surface area contributed by atoms with Crippen LogP contribution in [0.3, 0.4) is 0 Å². The average molecular weight is 341 g/mol. The Bertz CT molecular complexity index is 965. The van der Waals surface area contributed by atoms with E-state index < -0.39 is 11.6 Å². The number of hydrogen-bond donors (Lipinski definition) is 1. The van der Waals surface area contributed by atoms with Crippen molar-refractivity contribution in [3.05, 3.63) is 57.0 Å². The quantitative estimate of drug-likeness (QED) is 0.861. The monoisotopic (exact) mass is 341 g/mol. The predicted octanol–water partition coefficient (Wildman–Crippen LogP) is 1.64. The highest BCUT2D eigenvalue weighted by Crippen LogP contribution is 2.26. The van der Waals surface area contributed by atoms with E-state index in [9.17, 15) is 18.8 Å². The van der Waals surface area contributed by atoms with Crippen LogP contribution in [0.2, 0.25) is 0 Å². The molecule has 2 heterocycles. The van der Waals surface area contributed by atoms with Gasteiger partial charge in [0.15, 0.2) is 5.78 Å². The zero-order valence-electron chi connectivity index (χ0n) is 13.5. The summed E-state index contributed by atoms with van der Waals surface area (Å²) in [5.41, 5.74) is 2.29. The first-order chi connectivity index (χ1) is 12.0. The van der Waals surface area contributed by atoms with Crippen molar-refractivity contribution in [3.8, 4) is 0 Å². The van der Waals surface area contributed by atoms with Crippen LogP contribution in [0.5, 0.6) is 0 Å². The minimum absolute atomic E-state index is 0.0673. The molecule has 1 aromatic carbocycles. The number of carbonyl (C=O) groups excluding carboxylic acids is 2. The van der Waals surface area contributed by atoms with Gasteiger partial charge >= 0.3 is 0 Å². The Morgan fingerprint density at radius 2 is 2.04 bits per heavy atom. The maximum atomic E-state index is 14.3. The smallest absolute Gasteiger partial charge is 0.257 e. The summed E-state index contributed by atoms with van der Waals surface area (Å²) in [5.74, 6) is -1.35. The molecule has 1 aromatic heterocycles. The van der Waals surface area contributed by atoms with Gasteiger partial charge in [-0.3, -0.25) is 19.0 Å². The number of hydrogen-bond acceptors (Lipinski definition) is 4. The Morgan fingerprint density at radius 1 is 1.20 bits per heavy atom. The van der Waals surface area contributed by atoms with Crippen molar-refractivity contribution >= 4 is 17.4 Å². The lowest BCUT2D eigenvalue weighted by atomic mass is 9.98. The molecule has 0 atom stereocenters. The van der Waals surface area contributed by atoms with E-state index >= 15 is 0 Å². The van der Waals surface area contributed by atoms with Crippen LogP contribution in [0.25, 0.3) is 0 Å². The van der Waals surface area contributed by atoms with Gasteiger partial charge in [0.05, 0.1) is 24.1 Å². The summed E-state index contributed by atoms with van der Waals surface area (Å²) in [6.45, 7) is -0.249. The van der Waals surface area contributed by atoms with Gasteiger partial charge in [0, 0.05) is 17.7 Å². The third-order valence-electron chi connectivity index (χ3n) is 4.76. The van der Waals surface area contributed by atoms with E-state index in [0.29, 0.717) is 30.5 Å². The van der Waals surface area contributed by atoms with Crippen molar-refractivity contribution in [3.63, 3.8) is 0 Å². The van der Waals surface area contributed by atoms with Crippen LogP contribution in [-0.2, 0) is 30.6 Å². The molecule has 2 aromatic rings. The lowest BCUT2D eigenvalue weighted by molar-refractivity contribution is -0.116. The molecule has 0 saturated carbocycles. The van der Waals surface area contributed by atoms with Crippen LogP contribution >= 0.6 is 0 Å². The first-order valence-electron chi connectivity index (χ1n) is 8.25. The first kappa shape index (κ1) is 15.7. The Morgan fingerprint density at radius 3 is 2.88 bits per heavy atom. The fourth-order valence-corrected chi connectivity index (χ4v) is 3.43. The number of nitrogens with zero attached hydrogens (tertiary/aromatic N) is 2. The van der Waals surface area contributed by atoms with Crippen molar-refractivity contribution in [2.24, 2.45) is 0 Å². The van der Waals surface area contributed by atoms with Gasteiger partial charge in [-0.05, 0) is 43.4 Å². The van der Waals surface area contributed by atoms with Crippen molar-refractivity contribution in [1.29, 1.82) is 0 Å². The molecule has 0 saturated heterocycles. The van der Waals surface area contributed by atoms with Crippen molar-refractivity contribution < 1.29 is 14.0 Å². The maximum Gasteiger partial charge on any atom is 0.257 e. The Balaban J connectivity index is 1.64. The summed E-state index contributed by atoms with van der Waals surface area (Å²) in [4.78, 5) is 40.6. The molecule has 6 nitrogen and oxygen atoms in total. The summed E-state index contributed by atoms with van der Waals surface area (Å²) in [6.07, 6.45) is 4.47. The maximum absolute atomic E-state index is 14.3. The van der Waals surface area contributed by atoms with Crippen LogP contribution in [0.15, 0.2) is 23.3 Å². The molecule has 1 amide bonds. The van der Waals surface area contributed by atoms with E-state index in [1.807, 2.05) is 0 Å². The average Bonchev–Trinajstić information content (AvgIpc) is 3.06. The van der Waals surface area contributed by atoms with Crippen molar-refractivity contribution in [2.75, 3.05) is 5.32 Å². The summed E-state index contributed by atoms with van der Waals surface area (Å²) >= 11 is 0. The highest BCUT2D eigenvalue weighted by molar-refractivity contribution is 5.99. The zero-order valence-corrected chi connectivity index (χ0v) is 13.5. The van der Waals surface area contributed by atoms with E-state index in [2.05, 4.69) is 10.3 Å². The fraction of sp³-hybridized carbons (Fsp3) is 0.333. The molecule has 2 aliphatic rings. The van der Waals surface area contributed by atoms with Gasteiger partial charge in [-0.15, -0.1) is 0 Å². The van der Waals surface area contributed by atoms with Crippen molar-refractivity contribution in [1.82, 2.24) is 9.55 Å². The van der Waals surface area contributed by atoms with Crippen LogP contribution in [0.1, 0.15) is 40.0 Å². The van der Waals surface area contributed by atoms with E-state index in [4.69, 9.17) is 0 Å². The minimum Gasteiger partial charge on any atom is -0.326 e. The number of benzene rings is 1. The number of ketones is 1. The fourth-order valence-electron chi connectivity index (χ4n) is 3.43. The number of halogens is 1. The molecule has 128 valence electrons. The number of anilines is 1. The number of rotatable bonds is 3. The highest BCUT2D eigenvalue weighted by Gasteiger charge is 2.22. The normalized spacial score (nSPS) is 15.5. The van der Waals surface area contributed by atoms with Crippen LogP contribution < -0.4 is 10.9 Å². The Kier molecular flexibility index (Phi) is 3.71. The van der Waals surface area contributed by atoms with Crippen molar-refractivity contribution in [2.45, 2.75) is 38.6 Å². The number of fused-ring (bicyclic) bond motifs is 2. The predicted molar refractivity (Wildman–Crippen MR) is 88.2 cm³/mol. The standard InChI is InChI=1S/C18H16FN3O3/c19-13-7-15-10(4-5-17(24)21-15)6-12(13)16(23)8-22-9-20-14-3-1-2-11(14)18(22)25/h6-7,9H,1-5,8H2,(H,21,24). The number of aryl methyl sites for hydroxylation is 2. The SMILES string of the molecule is O=C1CCc2cc(C(=O)Cn3cnc4c(c3=O)CCC4)c(F)cc2N1. The summed E-state index contributed by atoms with van der Waals surface area (Å²) < 4.78 is 15.5. The summed E-state index contributed by atoms with van der Waals surface area (Å²) in [6, 6.07) is 2.64. The van der Waals surface area contributed by atoms with Gasteiger partial charge < -0.3 is 5.32 Å². The molecule has 0 unspecified atom stereocenters. The molecule has 1 N–H and O–H groups in total. The Hall–Kier alpha value is -2.83. The van der Waals surface area contributed by atoms with E-state index in [1.165, 1.54) is 23.0 Å². The molecule has 0 fully saturated rings. The molecule has 1 aliphatic carbocycles. The van der Waals surface area contributed by atoms with E-state index in [-0.39, 0.29) is 23.6 Å². The minimum atomic E-state index is -0.701. The zero-order chi connectivity index (χ0) is 17.6. The van der Waals surface area contributed by atoms with Crippen LogP contribution in [-0.4, -0.2) is 21.2 Å². The summed E-state index contributed by atoms with van der Waals surface area (Å²) in [5, 5.41) is 2.60. The van der Waals surface area contributed by atoms with Gasteiger partial charge in [0.1, 0.15) is 5.82 Å². The molecule has 7 heteroatoms. The molecular weight excluding hydrogens is 325 g/mol. The molecule has 1 aliphatic heterocycles. The number of aromatic nitrogens is 2. The van der Waals surface area contributed by atoms with Crippen LogP contribution in [0.4, 0.5) is 10.1 Å². The molecule has 4 rings (SSSR count). The topological polar surface area (TPSA) is 81.1 Å². The summed E-state index contributed by atoms with van der Waals surface area (Å²) in [7, 11) is 0. The molecule has 0 radical (unpaired) electrons. The second-order valence-corrected chi connectivity index (χ2v) is 6.42. The van der Waals surface area contributed by atoms with Crippen LogP contribution in [0, 0.1) is 5.82 Å². The molecule has 0 spiro atoms. The van der Waals surface area contributed by atoms with E-state index in [1.54, 1.807) is 0 Å². The second-order valence-electron chi connectivity index (χ2n) is 6.42. The molecular formula is C18H16FN3O3. The number of carbonyl (C=O) groups is 2. The van der Waals surface area contributed by atoms with Gasteiger partial charge in [-0.1, -0.05) is 0 Å². The number of amides is 1. The lowest BCUT2D eigenvalue weighted by Gasteiger charge is -2.18. The number of Topliss-reactive ketones (excluding diaryl/α,β-unsaturated/α-hetero) is 1. The molecule has 0 bridgehead atoms. The van der Waals surface area contributed by atoms with E-state index in [0.717, 1.165) is 24.1 Å². The number of nitrogens with one attached hydrogen (secondary N) is 1. The molecule has 25 heavy (non-hydrogen) atoms. The lowest BCUT2D eigenvalue weighted by Crippen LogP contribution is -2.28. The first-order valence-corrected chi connectivity index (χ1v) is 8.25. The second kappa shape index (κ2) is 5.91. The van der Waals surface area contributed by atoms with Gasteiger partial charge in [0.2, 0.25) is 5.91 Å². The van der Waals surface area contributed by atoms with Gasteiger partial charge in [0.25, 0.3) is 5.56 Å². The highest BCUT2D eigenvalue weighted by atomic mass is 19.1. The Labute approximate surface area is 142 Å². The van der Waals surface area contributed by atoms with Gasteiger partial charge in [-0.2, -0.15) is 0 Å². The third-order valence-corrected chi connectivity index (χ3v) is 4.76. The third kappa shape index (κ3) is 2.75. The largest absolute Gasteiger partial charge is 0.326 e. The van der Waals surface area contributed by atoms with Gasteiger partial charge in [-0.25, -0.2) is 9.37 Å².